The Morgan fingerprint density at radius 2 is 1.46 bits per heavy atom. The van der Waals surface area contributed by atoms with Crippen LogP contribution in [0.3, 0.4) is 0 Å². The molecule has 0 spiro atoms. The quantitative estimate of drug-likeness (QED) is 0.570. The molecule has 0 aliphatic rings. The summed E-state index contributed by atoms with van der Waals surface area (Å²) in [7, 11) is 3.28. The van der Waals surface area contributed by atoms with Crippen LogP contribution in [0, 0.1) is 7.14 Å². The molecule has 72 valence electrons. The molecule has 0 amide bonds. The molecular weight excluding hydrogens is 394 g/mol. The maximum Gasteiger partial charge on any atom is 0.183 e. The number of hydrogen-bond donors (Lipinski definition) is 0. The molecule has 0 aliphatic carbocycles. The normalized spacial score (nSPS) is 10.8. The van der Waals surface area contributed by atoms with E-state index in [1.807, 2.05) is 0 Å². The Hall–Kier alpha value is 0.600. The zero-order chi connectivity index (χ0) is 9.84. The molecule has 13 heavy (non-hydrogen) atoms. The highest BCUT2D eigenvalue weighted by atomic mass is 127. The van der Waals surface area contributed by atoms with E-state index < -0.39 is 0 Å². The van der Waals surface area contributed by atoms with E-state index >= 15 is 0 Å². The van der Waals surface area contributed by atoms with Crippen LogP contribution < -0.4 is 0 Å². The minimum atomic E-state index is -0.261. The third kappa shape index (κ3) is 3.34. The lowest BCUT2D eigenvalue weighted by molar-refractivity contribution is -0.106. The summed E-state index contributed by atoms with van der Waals surface area (Å²) < 4.78 is 12.7. The molecule has 0 N–H and O–H groups in total. The lowest BCUT2D eigenvalue weighted by atomic mass is 10.2. The Morgan fingerprint density at radius 3 is 1.85 bits per heavy atom. The van der Waals surface area contributed by atoms with E-state index in [1.165, 1.54) is 7.14 Å². The first kappa shape index (κ1) is 11.7. The van der Waals surface area contributed by atoms with Gasteiger partial charge in [-0.15, -0.1) is 0 Å². The lowest BCUT2D eigenvalue weighted by Crippen LogP contribution is -2.04. The Kier molecular flexibility index (Phi) is 4.91. The second-order valence-corrected chi connectivity index (χ2v) is 5.00. The molecule has 0 radical (unpaired) electrons. The number of halogens is 2. The predicted molar refractivity (Wildman–Crippen MR) is 68.6 cm³/mol. The highest BCUT2D eigenvalue weighted by Gasteiger charge is 2.09. The average Bonchev–Trinajstić information content (AvgIpc) is 2.04. The van der Waals surface area contributed by atoms with Crippen LogP contribution in [0.1, 0.15) is 11.9 Å². The largest absolute Gasteiger partial charge is 0.352 e. The third-order valence-electron chi connectivity index (χ3n) is 1.59. The van der Waals surface area contributed by atoms with Gasteiger partial charge in [-0.1, -0.05) is 0 Å². The summed E-state index contributed by atoms with van der Waals surface area (Å²) in [5.74, 6) is 0. The second kappa shape index (κ2) is 5.47. The Morgan fingerprint density at radius 1 is 1.00 bits per heavy atom. The molecule has 4 heteroatoms. The minimum Gasteiger partial charge on any atom is -0.352 e. The fourth-order valence-electron chi connectivity index (χ4n) is 1.08. The van der Waals surface area contributed by atoms with Crippen molar-refractivity contribution in [2.45, 2.75) is 6.29 Å². The van der Waals surface area contributed by atoms with E-state index in [0.717, 1.165) is 5.56 Å². The number of hydrogen-bond acceptors (Lipinski definition) is 2. The van der Waals surface area contributed by atoms with Crippen LogP contribution in [-0.2, 0) is 9.47 Å². The van der Waals surface area contributed by atoms with Crippen molar-refractivity contribution in [3.8, 4) is 0 Å². The maximum atomic E-state index is 5.17. The van der Waals surface area contributed by atoms with Gasteiger partial charge in [-0.05, 0) is 63.4 Å². The monoisotopic (exact) mass is 404 g/mol. The van der Waals surface area contributed by atoms with Crippen molar-refractivity contribution in [1.82, 2.24) is 0 Å². The smallest absolute Gasteiger partial charge is 0.183 e. The molecule has 2 nitrogen and oxygen atoms in total. The summed E-state index contributed by atoms with van der Waals surface area (Å²) in [5.41, 5.74) is 1.06. The van der Waals surface area contributed by atoms with Crippen molar-refractivity contribution in [2.75, 3.05) is 14.2 Å². The summed E-state index contributed by atoms with van der Waals surface area (Å²) in [4.78, 5) is 0. The van der Waals surface area contributed by atoms with Crippen molar-refractivity contribution in [2.24, 2.45) is 0 Å². The van der Waals surface area contributed by atoms with Crippen molar-refractivity contribution >= 4 is 45.2 Å². The fraction of sp³-hybridized carbons (Fsp3) is 0.333. The van der Waals surface area contributed by atoms with E-state index in [9.17, 15) is 0 Å². The van der Waals surface area contributed by atoms with Crippen molar-refractivity contribution in [3.05, 3.63) is 30.9 Å². The molecule has 0 fully saturated rings. The molecule has 0 saturated carbocycles. The fourth-order valence-corrected chi connectivity index (χ4v) is 3.07. The van der Waals surface area contributed by atoms with Crippen molar-refractivity contribution < 1.29 is 9.47 Å². The average molecular weight is 404 g/mol. The van der Waals surface area contributed by atoms with Crippen LogP contribution in [0.2, 0.25) is 0 Å². The highest BCUT2D eigenvalue weighted by molar-refractivity contribution is 14.1. The lowest BCUT2D eigenvalue weighted by Gasteiger charge is -2.14. The summed E-state index contributed by atoms with van der Waals surface area (Å²) in [5, 5.41) is 0. The Bertz CT molecular complexity index is 265. The second-order valence-electron chi connectivity index (χ2n) is 2.51. The van der Waals surface area contributed by atoms with Gasteiger partial charge in [-0.25, -0.2) is 0 Å². The summed E-state index contributed by atoms with van der Waals surface area (Å²) >= 11 is 4.56. The van der Waals surface area contributed by atoms with Gasteiger partial charge in [0.1, 0.15) is 0 Å². The zero-order valence-corrected chi connectivity index (χ0v) is 11.7. The van der Waals surface area contributed by atoms with Crippen LogP contribution in [0.4, 0.5) is 0 Å². The first-order valence-corrected chi connectivity index (χ1v) is 5.84. The molecule has 0 aromatic heterocycles. The summed E-state index contributed by atoms with van der Waals surface area (Å²) in [6.45, 7) is 0. The van der Waals surface area contributed by atoms with Gasteiger partial charge in [-0.2, -0.15) is 0 Å². The molecule has 1 aromatic rings. The van der Waals surface area contributed by atoms with Gasteiger partial charge in [0.25, 0.3) is 0 Å². The molecule has 1 aromatic carbocycles. The highest BCUT2D eigenvalue weighted by Crippen LogP contribution is 2.22. The van der Waals surface area contributed by atoms with Gasteiger partial charge in [0.05, 0.1) is 0 Å². The van der Waals surface area contributed by atoms with Crippen molar-refractivity contribution in [3.63, 3.8) is 0 Å². The Balaban J connectivity index is 2.99. The number of benzene rings is 1. The third-order valence-corrected chi connectivity index (χ3v) is 2.83. The van der Waals surface area contributed by atoms with E-state index in [1.54, 1.807) is 14.2 Å². The van der Waals surface area contributed by atoms with Gasteiger partial charge in [0, 0.05) is 26.9 Å². The van der Waals surface area contributed by atoms with Crippen LogP contribution in [0.25, 0.3) is 0 Å². The topological polar surface area (TPSA) is 18.5 Å². The maximum absolute atomic E-state index is 5.17. The summed E-state index contributed by atoms with van der Waals surface area (Å²) in [6.07, 6.45) is -0.261. The molecular formula is C9H10I2O2. The van der Waals surface area contributed by atoms with Crippen molar-refractivity contribution in [1.29, 1.82) is 0 Å². The molecule has 0 heterocycles. The molecule has 1 rings (SSSR count). The molecule has 0 aliphatic heterocycles. The van der Waals surface area contributed by atoms with Gasteiger partial charge < -0.3 is 9.47 Å². The van der Waals surface area contributed by atoms with Gasteiger partial charge >= 0.3 is 0 Å². The Labute approximate surface area is 105 Å². The molecule has 0 bridgehead atoms. The van der Waals surface area contributed by atoms with Gasteiger partial charge in [0.15, 0.2) is 6.29 Å². The standard InChI is InChI=1S/C9H10I2O2/c1-12-9(13-2)6-3-7(10)5-8(11)4-6/h3-5,9H,1-2H3. The molecule has 0 unspecified atom stereocenters. The van der Waals surface area contributed by atoms with Crippen LogP contribution in [-0.4, -0.2) is 14.2 Å². The van der Waals surface area contributed by atoms with Crippen LogP contribution in [0.5, 0.6) is 0 Å². The first-order valence-electron chi connectivity index (χ1n) is 3.69. The number of methoxy groups -OCH3 is 2. The number of ether oxygens (including phenoxy) is 2. The predicted octanol–water partition coefficient (Wildman–Crippen LogP) is 3.19. The van der Waals surface area contributed by atoms with Crippen LogP contribution >= 0.6 is 45.2 Å². The van der Waals surface area contributed by atoms with Gasteiger partial charge in [0.2, 0.25) is 0 Å². The minimum absolute atomic E-state index is 0.261. The van der Waals surface area contributed by atoms with E-state index in [0.29, 0.717) is 0 Å². The molecule has 0 saturated heterocycles. The zero-order valence-electron chi connectivity index (χ0n) is 7.38. The van der Waals surface area contributed by atoms with E-state index in [2.05, 4.69) is 63.4 Å². The molecule has 0 atom stereocenters. The first-order chi connectivity index (χ1) is 6.17. The van der Waals surface area contributed by atoms with E-state index in [-0.39, 0.29) is 6.29 Å². The number of rotatable bonds is 3. The summed E-state index contributed by atoms with van der Waals surface area (Å²) in [6, 6.07) is 6.22. The SMILES string of the molecule is COC(OC)c1cc(I)cc(I)c1. The van der Waals surface area contributed by atoms with Gasteiger partial charge in [-0.3, -0.25) is 0 Å². The van der Waals surface area contributed by atoms with E-state index in [4.69, 9.17) is 9.47 Å². The van der Waals surface area contributed by atoms with Crippen LogP contribution in [0.15, 0.2) is 18.2 Å².